The maximum absolute atomic E-state index is 4.33. The van der Waals surface area contributed by atoms with Gasteiger partial charge in [0.1, 0.15) is 5.01 Å². The van der Waals surface area contributed by atoms with Gasteiger partial charge in [0.05, 0.1) is 0 Å². The van der Waals surface area contributed by atoms with E-state index < -0.39 is 0 Å². The molecule has 2 rings (SSSR count). The highest BCUT2D eigenvalue weighted by atomic mass is 32.1. The van der Waals surface area contributed by atoms with Gasteiger partial charge < -0.3 is 0 Å². The second-order valence-electron chi connectivity index (χ2n) is 2.97. The number of hydrogen-bond donors (Lipinski definition) is 0. The first-order valence-corrected chi connectivity index (χ1v) is 4.92. The fourth-order valence-corrected chi connectivity index (χ4v) is 2.01. The van der Waals surface area contributed by atoms with E-state index in [0.717, 1.165) is 10.6 Å². The molecule has 2 aromatic heterocycles. The molecule has 0 aliphatic carbocycles. The topological polar surface area (TPSA) is 25.8 Å². The van der Waals surface area contributed by atoms with Crippen LogP contribution in [0.5, 0.6) is 0 Å². The van der Waals surface area contributed by atoms with Gasteiger partial charge in [0.25, 0.3) is 0 Å². The lowest BCUT2D eigenvalue weighted by molar-refractivity contribution is 1.27. The highest BCUT2D eigenvalue weighted by Crippen LogP contribution is 2.26. The Morgan fingerprint density at radius 3 is 2.69 bits per heavy atom. The zero-order valence-corrected chi connectivity index (χ0v) is 8.43. The van der Waals surface area contributed by atoms with E-state index in [9.17, 15) is 0 Å². The molecule has 0 fully saturated rings. The van der Waals surface area contributed by atoms with E-state index in [2.05, 4.69) is 23.8 Å². The molecule has 2 aromatic rings. The van der Waals surface area contributed by atoms with Crippen LogP contribution in [0.25, 0.3) is 10.6 Å². The normalized spacial score (nSPS) is 10.3. The number of nitrogens with zero attached hydrogens (tertiary/aromatic N) is 2. The first-order chi connectivity index (χ1) is 6.27. The van der Waals surface area contributed by atoms with E-state index in [1.165, 1.54) is 10.4 Å². The molecule has 66 valence electrons. The molecule has 2 heterocycles. The summed E-state index contributed by atoms with van der Waals surface area (Å²) < 4.78 is 0. The standard InChI is InChI=1S/C10H10N2S/c1-7-3-4-11-6-9(7)10-12-5-8(2)13-10/h3-6H,1-2H3. The number of pyridine rings is 1. The lowest BCUT2D eigenvalue weighted by Crippen LogP contribution is -1.82. The summed E-state index contributed by atoms with van der Waals surface area (Å²) in [5, 5.41) is 1.06. The molecular weight excluding hydrogens is 180 g/mol. The van der Waals surface area contributed by atoms with Crippen molar-refractivity contribution in [2.24, 2.45) is 0 Å². The number of aryl methyl sites for hydroxylation is 2. The van der Waals surface area contributed by atoms with Crippen LogP contribution < -0.4 is 0 Å². The first kappa shape index (κ1) is 8.38. The van der Waals surface area contributed by atoms with Crippen molar-refractivity contribution in [1.29, 1.82) is 0 Å². The first-order valence-electron chi connectivity index (χ1n) is 4.11. The number of rotatable bonds is 1. The molecule has 0 atom stereocenters. The fourth-order valence-electron chi connectivity index (χ4n) is 1.17. The molecule has 0 unspecified atom stereocenters. The lowest BCUT2D eigenvalue weighted by atomic mass is 10.2. The van der Waals surface area contributed by atoms with Crippen molar-refractivity contribution in [2.75, 3.05) is 0 Å². The third kappa shape index (κ3) is 1.60. The highest BCUT2D eigenvalue weighted by molar-refractivity contribution is 7.14. The third-order valence-corrected chi connectivity index (χ3v) is 2.84. The van der Waals surface area contributed by atoms with Gasteiger partial charge in [0, 0.05) is 29.0 Å². The average Bonchev–Trinajstić information content (AvgIpc) is 2.53. The predicted molar refractivity (Wildman–Crippen MR) is 54.8 cm³/mol. The SMILES string of the molecule is Cc1cnc(-c2cnccc2C)s1. The van der Waals surface area contributed by atoms with Gasteiger partial charge in [-0.3, -0.25) is 4.98 Å². The molecule has 0 saturated carbocycles. The smallest absolute Gasteiger partial charge is 0.125 e. The Kier molecular flexibility index (Phi) is 2.10. The minimum Gasteiger partial charge on any atom is -0.264 e. The summed E-state index contributed by atoms with van der Waals surface area (Å²) in [6, 6.07) is 2.01. The van der Waals surface area contributed by atoms with Crippen LogP contribution in [0.15, 0.2) is 24.7 Å². The summed E-state index contributed by atoms with van der Waals surface area (Å²) in [6.45, 7) is 4.14. The Bertz CT molecular complexity index is 420. The summed E-state index contributed by atoms with van der Waals surface area (Å²) in [6.07, 6.45) is 5.57. The van der Waals surface area contributed by atoms with Crippen molar-refractivity contribution in [3.63, 3.8) is 0 Å². The quantitative estimate of drug-likeness (QED) is 0.691. The van der Waals surface area contributed by atoms with Gasteiger partial charge in [-0.05, 0) is 25.5 Å². The molecule has 0 aliphatic rings. The van der Waals surface area contributed by atoms with E-state index in [4.69, 9.17) is 0 Å². The van der Waals surface area contributed by atoms with Crippen LogP contribution in [-0.2, 0) is 0 Å². The van der Waals surface area contributed by atoms with Gasteiger partial charge in [-0.2, -0.15) is 0 Å². The predicted octanol–water partition coefficient (Wildman–Crippen LogP) is 2.82. The van der Waals surface area contributed by atoms with Crippen LogP contribution in [0.3, 0.4) is 0 Å². The number of hydrogen-bond acceptors (Lipinski definition) is 3. The molecule has 0 aromatic carbocycles. The maximum atomic E-state index is 4.33. The van der Waals surface area contributed by atoms with Gasteiger partial charge in [-0.15, -0.1) is 11.3 Å². The van der Waals surface area contributed by atoms with E-state index >= 15 is 0 Å². The van der Waals surface area contributed by atoms with Crippen LogP contribution in [0.1, 0.15) is 10.4 Å². The van der Waals surface area contributed by atoms with Crippen molar-refractivity contribution in [3.8, 4) is 10.6 Å². The number of aromatic nitrogens is 2. The zero-order valence-electron chi connectivity index (χ0n) is 7.61. The Labute approximate surface area is 81.3 Å². The molecule has 0 saturated heterocycles. The molecule has 2 nitrogen and oxygen atoms in total. The maximum Gasteiger partial charge on any atom is 0.125 e. The van der Waals surface area contributed by atoms with Gasteiger partial charge in [-0.1, -0.05) is 0 Å². The summed E-state index contributed by atoms with van der Waals surface area (Å²) in [4.78, 5) is 9.66. The molecule has 0 N–H and O–H groups in total. The third-order valence-electron chi connectivity index (χ3n) is 1.89. The van der Waals surface area contributed by atoms with E-state index in [1.807, 2.05) is 18.5 Å². The van der Waals surface area contributed by atoms with Crippen molar-refractivity contribution in [2.45, 2.75) is 13.8 Å². The summed E-state index contributed by atoms with van der Waals surface area (Å²) in [5.74, 6) is 0. The molecule has 0 aliphatic heterocycles. The molecule has 0 radical (unpaired) electrons. The summed E-state index contributed by atoms with van der Waals surface area (Å²) in [7, 11) is 0. The Morgan fingerprint density at radius 2 is 2.08 bits per heavy atom. The molecule has 13 heavy (non-hydrogen) atoms. The lowest BCUT2D eigenvalue weighted by Gasteiger charge is -1.98. The Morgan fingerprint density at radius 1 is 1.23 bits per heavy atom. The largest absolute Gasteiger partial charge is 0.264 e. The minimum absolute atomic E-state index is 1.06. The minimum atomic E-state index is 1.06. The van der Waals surface area contributed by atoms with Crippen molar-refractivity contribution >= 4 is 11.3 Å². The fraction of sp³-hybridized carbons (Fsp3) is 0.200. The Balaban J connectivity index is 2.52. The van der Waals surface area contributed by atoms with Gasteiger partial charge in [0.15, 0.2) is 0 Å². The van der Waals surface area contributed by atoms with Crippen LogP contribution in [-0.4, -0.2) is 9.97 Å². The second kappa shape index (κ2) is 3.26. The van der Waals surface area contributed by atoms with Crippen LogP contribution in [0.4, 0.5) is 0 Å². The molecule has 0 amide bonds. The number of thiazole rings is 1. The van der Waals surface area contributed by atoms with Crippen LogP contribution in [0, 0.1) is 13.8 Å². The molecule has 3 heteroatoms. The Hall–Kier alpha value is -1.22. The highest BCUT2D eigenvalue weighted by Gasteiger charge is 2.04. The van der Waals surface area contributed by atoms with Crippen LogP contribution in [0.2, 0.25) is 0 Å². The van der Waals surface area contributed by atoms with E-state index in [0.29, 0.717) is 0 Å². The van der Waals surface area contributed by atoms with Crippen molar-refractivity contribution < 1.29 is 0 Å². The average molecular weight is 190 g/mol. The van der Waals surface area contributed by atoms with Gasteiger partial charge in [0.2, 0.25) is 0 Å². The van der Waals surface area contributed by atoms with Gasteiger partial charge in [-0.25, -0.2) is 4.98 Å². The van der Waals surface area contributed by atoms with Gasteiger partial charge >= 0.3 is 0 Å². The van der Waals surface area contributed by atoms with E-state index in [-0.39, 0.29) is 0 Å². The second-order valence-corrected chi connectivity index (χ2v) is 4.20. The summed E-state index contributed by atoms with van der Waals surface area (Å²) in [5.41, 5.74) is 2.37. The van der Waals surface area contributed by atoms with Crippen LogP contribution >= 0.6 is 11.3 Å². The molecule has 0 bridgehead atoms. The zero-order chi connectivity index (χ0) is 9.26. The van der Waals surface area contributed by atoms with Crippen molar-refractivity contribution in [3.05, 3.63) is 35.1 Å². The van der Waals surface area contributed by atoms with E-state index in [1.54, 1.807) is 17.5 Å². The van der Waals surface area contributed by atoms with Crippen molar-refractivity contribution in [1.82, 2.24) is 9.97 Å². The monoisotopic (exact) mass is 190 g/mol. The molecular formula is C10H10N2S. The summed E-state index contributed by atoms with van der Waals surface area (Å²) >= 11 is 1.70. The molecule has 0 spiro atoms.